The first-order valence-electron chi connectivity index (χ1n) is 6.74. The molecule has 2 aromatic carbocycles. The molecule has 1 aliphatic rings. The number of anilines is 4. The van der Waals surface area contributed by atoms with Gasteiger partial charge in [-0.15, -0.1) is 0 Å². The molecule has 4 rings (SSSR count). The lowest BCUT2D eigenvalue weighted by atomic mass is 10.2. The van der Waals surface area contributed by atoms with Crippen molar-refractivity contribution in [3.8, 4) is 0 Å². The molecule has 0 bridgehead atoms. The van der Waals surface area contributed by atoms with Crippen LogP contribution in [-0.2, 0) is 9.84 Å². The van der Waals surface area contributed by atoms with E-state index in [1.165, 1.54) is 6.07 Å². The lowest BCUT2D eigenvalue weighted by Gasteiger charge is -2.29. The number of hydrogen-bond acceptors (Lipinski definition) is 5. The van der Waals surface area contributed by atoms with Gasteiger partial charge >= 0.3 is 0 Å². The summed E-state index contributed by atoms with van der Waals surface area (Å²) < 4.78 is 25.8. The van der Waals surface area contributed by atoms with Gasteiger partial charge in [-0.3, -0.25) is 10.00 Å². The van der Waals surface area contributed by atoms with Crippen LogP contribution in [-0.4, -0.2) is 18.6 Å². The first-order valence-corrected chi connectivity index (χ1v) is 8.60. The molecular formula is C15H11ClN4O2S. The normalized spacial score (nSPS) is 15.1. The predicted octanol–water partition coefficient (Wildman–Crippen LogP) is 3.26. The molecule has 0 unspecified atom stereocenters. The average Bonchev–Trinajstić information content (AvgIpc) is 2.92. The summed E-state index contributed by atoms with van der Waals surface area (Å²) in [7, 11) is -3.80. The van der Waals surface area contributed by atoms with Gasteiger partial charge in [-0.1, -0.05) is 29.8 Å². The highest BCUT2D eigenvalue weighted by molar-refractivity contribution is 7.92. The van der Waals surface area contributed by atoms with E-state index < -0.39 is 9.84 Å². The van der Waals surface area contributed by atoms with E-state index in [0.717, 1.165) is 5.69 Å². The van der Waals surface area contributed by atoms with Gasteiger partial charge in [0.25, 0.3) is 0 Å². The van der Waals surface area contributed by atoms with Crippen molar-refractivity contribution in [1.29, 1.82) is 0 Å². The number of nitrogens with zero attached hydrogens (tertiary/aromatic N) is 2. The number of aromatic nitrogens is 2. The first kappa shape index (κ1) is 14.1. The van der Waals surface area contributed by atoms with E-state index in [1.54, 1.807) is 17.0 Å². The molecule has 0 radical (unpaired) electrons. The van der Waals surface area contributed by atoms with Crippen LogP contribution >= 0.6 is 11.6 Å². The van der Waals surface area contributed by atoms with Gasteiger partial charge in [0.05, 0.1) is 10.6 Å². The number of fused-ring (bicyclic) bond motifs is 2. The number of rotatable bonds is 1. The molecule has 0 fully saturated rings. The van der Waals surface area contributed by atoms with Gasteiger partial charge in [0.15, 0.2) is 10.7 Å². The molecule has 0 spiro atoms. The second kappa shape index (κ2) is 4.74. The molecule has 0 saturated heterocycles. The fraction of sp³-hybridized carbons (Fsp3) is 0. The molecule has 1 aliphatic heterocycles. The molecule has 0 saturated carbocycles. The fourth-order valence-electron chi connectivity index (χ4n) is 2.70. The highest BCUT2D eigenvalue weighted by atomic mass is 35.5. The van der Waals surface area contributed by atoms with E-state index in [-0.39, 0.29) is 21.4 Å². The van der Waals surface area contributed by atoms with Crippen LogP contribution in [0.25, 0.3) is 0 Å². The van der Waals surface area contributed by atoms with Gasteiger partial charge in [0, 0.05) is 10.7 Å². The Morgan fingerprint density at radius 3 is 2.61 bits per heavy atom. The number of nitrogen functional groups attached to an aromatic ring is 1. The van der Waals surface area contributed by atoms with Crippen LogP contribution in [0.5, 0.6) is 0 Å². The summed E-state index contributed by atoms with van der Waals surface area (Å²) in [4.78, 5) is 1.82. The lowest BCUT2D eigenvalue weighted by molar-refractivity contribution is 0.595. The third kappa shape index (κ3) is 1.94. The SMILES string of the molecule is Nc1[nH]nc2c1S(=O)(=O)c1cc(Cl)ccc1N2c1ccccc1. The van der Waals surface area contributed by atoms with Crippen molar-refractivity contribution in [3.63, 3.8) is 0 Å². The summed E-state index contributed by atoms with van der Waals surface area (Å²) in [5.74, 6) is 0.259. The lowest BCUT2D eigenvalue weighted by Crippen LogP contribution is -2.22. The van der Waals surface area contributed by atoms with Crippen molar-refractivity contribution in [1.82, 2.24) is 10.2 Å². The van der Waals surface area contributed by atoms with Gasteiger partial charge in [-0.2, -0.15) is 5.10 Å². The molecule has 0 atom stereocenters. The van der Waals surface area contributed by atoms with Crippen LogP contribution in [0.15, 0.2) is 58.3 Å². The Bertz CT molecular complexity index is 1020. The van der Waals surface area contributed by atoms with Crippen LogP contribution in [0.4, 0.5) is 23.0 Å². The summed E-state index contributed by atoms with van der Waals surface area (Å²) >= 11 is 6.00. The molecule has 1 aromatic heterocycles. The monoisotopic (exact) mass is 346 g/mol. The zero-order valence-electron chi connectivity index (χ0n) is 11.7. The van der Waals surface area contributed by atoms with Crippen LogP contribution < -0.4 is 10.6 Å². The van der Waals surface area contributed by atoms with Gasteiger partial charge in [-0.05, 0) is 30.3 Å². The third-order valence-corrected chi connectivity index (χ3v) is 5.76. The molecule has 23 heavy (non-hydrogen) atoms. The minimum absolute atomic E-state index is 0.00607. The number of hydrogen-bond donors (Lipinski definition) is 2. The average molecular weight is 347 g/mol. The Balaban J connectivity index is 2.11. The van der Waals surface area contributed by atoms with E-state index in [0.29, 0.717) is 10.7 Å². The molecule has 3 N–H and O–H groups in total. The molecule has 2 heterocycles. The predicted molar refractivity (Wildman–Crippen MR) is 88.1 cm³/mol. The smallest absolute Gasteiger partial charge is 0.216 e. The number of sulfone groups is 1. The molecule has 0 amide bonds. The Kier molecular flexibility index (Phi) is 2.91. The zero-order valence-corrected chi connectivity index (χ0v) is 13.3. The number of halogens is 1. The fourth-order valence-corrected chi connectivity index (χ4v) is 4.59. The first-order chi connectivity index (χ1) is 11.0. The summed E-state index contributed by atoms with van der Waals surface area (Å²) in [6.45, 7) is 0. The largest absolute Gasteiger partial charge is 0.383 e. The van der Waals surface area contributed by atoms with Crippen LogP contribution in [0.1, 0.15) is 0 Å². The minimum Gasteiger partial charge on any atom is -0.383 e. The number of H-pyrrole nitrogens is 1. The van der Waals surface area contributed by atoms with Crippen LogP contribution in [0.3, 0.4) is 0 Å². The van der Waals surface area contributed by atoms with Crippen LogP contribution in [0.2, 0.25) is 5.02 Å². The minimum atomic E-state index is -3.80. The van der Waals surface area contributed by atoms with Crippen LogP contribution in [0, 0.1) is 0 Å². The van der Waals surface area contributed by atoms with Crippen molar-refractivity contribution in [3.05, 3.63) is 53.6 Å². The Morgan fingerprint density at radius 2 is 1.87 bits per heavy atom. The Labute approximate surface area is 137 Å². The van der Waals surface area contributed by atoms with Crippen molar-refractivity contribution >= 4 is 44.4 Å². The van der Waals surface area contributed by atoms with E-state index in [1.807, 2.05) is 30.3 Å². The van der Waals surface area contributed by atoms with E-state index in [2.05, 4.69) is 10.2 Å². The maximum Gasteiger partial charge on any atom is 0.216 e. The molecule has 3 aromatic rings. The second-order valence-electron chi connectivity index (χ2n) is 5.08. The van der Waals surface area contributed by atoms with Gasteiger partial charge in [0.2, 0.25) is 9.84 Å². The highest BCUT2D eigenvalue weighted by Gasteiger charge is 2.39. The summed E-state index contributed by atoms with van der Waals surface area (Å²) in [6.07, 6.45) is 0. The second-order valence-corrected chi connectivity index (χ2v) is 7.37. The van der Waals surface area contributed by atoms with Crippen molar-refractivity contribution < 1.29 is 8.42 Å². The van der Waals surface area contributed by atoms with Crippen molar-refractivity contribution in [2.45, 2.75) is 9.79 Å². The standard InChI is InChI=1S/C15H11ClN4O2S/c16-9-6-7-11-12(8-9)23(21,22)13-14(17)18-19-15(13)20(11)10-4-2-1-3-5-10/h1-8H,(H3,17,18,19). The topological polar surface area (TPSA) is 92.1 Å². The number of benzene rings is 2. The maximum atomic E-state index is 12.9. The van der Waals surface area contributed by atoms with E-state index >= 15 is 0 Å². The van der Waals surface area contributed by atoms with Gasteiger partial charge in [0.1, 0.15) is 5.82 Å². The highest BCUT2D eigenvalue weighted by Crippen LogP contribution is 2.49. The van der Waals surface area contributed by atoms with Crippen molar-refractivity contribution in [2.24, 2.45) is 0 Å². The molecule has 6 nitrogen and oxygen atoms in total. The third-order valence-electron chi connectivity index (χ3n) is 3.68. The number of nitrogens with two attached hydrogens (primary N) is 1. The molecule has 116 valence electrons. The number of nitrogens with one attached hydrogen (secondary N) is 1. The quantitative estimate of drug-likeness (QED) is 0.552. The molecule has 0 aliphatic carbocycles. The zero-order chi connectivity index (χ0) is 16.2. The maximum absolute atomic E-state index is 12.9. The molecular weight excluding hydrogens is 336 g/mol. The Hall–Kier alpha value is -2.51. The summed E-state index contributed by atoms with van der Waals surface area (Å²) in [5.41, 5.74) is 7.08. The number of aromatic amines is 1. The van der Waals surface area contributed by atoms with Gasteiger partial charge < -0.3 is 5.73 Å². The number of para-hydroxylation sites is 1. The Morgan fingerprint density at radius 1 is 1.13 bits per heavy atom. The summed E-state index contributed by atoms with van der Waals surface area (Å²) in [6, 6.07) is 14.1. The van der Waals surface area contributed by atoms with Crippen molar-refractivity contribution in [2.75, 3.05) is 10.6 Å². The molecule has 8 heteroatoms. The van der Waals surface area contributed by atoms with Gasteiger partial charge in [-0.25, -0.2) is 8.42 Å². The van der Waals surface area contributed by atoms with E-state index in [9.17, 15) is 8.42 Å². The van der Waals surface area contributed by atoms with E-state index in [4.69, 9.17) is 17.3 Å². The summed E-state index contributed by atoms with van der Waals surface area (Å²) in [5, 5.41) is 6.99.